The van der Waals surface area contributed by atoms with Crippen LogP contribution in [0.5, 0.6) is 5.75 Å². The third kappa shape index (κ3) is 5.67. The summed E-state index contributed by atoms with van der Waals surface area (Å²) in [6.07, 6.45) is 2.41. The zero-order chi connectivity index (χ0) is 33.6. The van der Waals surface area contributed by atoms with E-state index in [0.717, 1.165) is 0 Å². The van der Waals surface area contributed by atoms with Crippen molar-refractivity contribution < 1.29 is 28.2 Å². The summed E-state index contributed by atoms with van der Waals surface area (Å²) in [4.78, 5) is 39.4. The van der Waals surface area contributed by atoms with Crippen molar-refractivity contribution in [1.29, 1.82) is 0 Å². The summed E-state index contributed by atoms with van der Waals surface area (Å²) >= 11 is 0. The Bertz CT molecular complexity index is 1860. The number of piperazine rings is 1. The van der Waals surface area contributed by atoms with Crippen molar-refractivity contribution in [3.63, 3.8) is 0 Å². The molecule has 5 heterocycles. The standard InChI is InChI=1S/C34H38F2N6O5/c1-6-26(43)40-13-14-41(19(5)16-40)32-21-15-23(36)29-27-22(35)9-8-10-24(27)47-17-25(46-7-2)31(44)20-11-12-37-28(18(3)4)30(20)42(33(21)38-29)34(45)39-32/h6,8-12,15,18-19,25,28,31,37,44H,1,7,13-14,16-17H2,2-5H3/t19-,25?,28?,31?/m0/s1. The predicted molar refractivity (Wildman–Crippen MR) is 174 cm³/mol. The smallest absolute Gasteiger partial charge is 0.355 e. The topological polar surface area (TPSA) is 122 Å². The van der Waals surface area contributed by atoms with Crippen molar-refractivity contribution in [3.05, 3.63) is 76.9 Å². The Morgan fingerprint density at radius 1 is 1.26 bits per heavy atom. The molecule has 3 aliphatic rings. The monoisotopic (exact) mass is 648 g/mol. The molecule has 1 fully saturated rings. The average molecular weight is 649 g/mol. The Kier molecular flexibility index (Phi) is 8.86. The Labute approximate surface area is 270 Å². The Balaban J connectivity index is 1.70. The zero-order valence-corrected chi connectivity index (χ0v) is 26.7. The third-order valence-electron chi connectivity index (χ3n) is 8.89. The number of nitrogens with zero attached hydrogens (tertiary/aromatic N) is 5. The highest BCUT2D eigenvalue weighted by Crippen LogP contribution is 2.39. The molecule has 3 aliphatic heterocycles. The van der Waals surface area contributed by atoms with E-state index in [0.29, 0.717) is 30.9 Å². The molecule has 1 saturated heterocycles. The van der Waals surface area contributed by atoms with E-state index in [9.17, 15) is 14.7 Å². The fraction of sp³-hybridized carbons (Fsp3) is 0.412. The summed E-state index contributed by atoms with van der Waals surface area (Å²) in [5.74, 6) is -1.74. The molecule has 13 heteroatoms. The lowest BCUT2D eigenvalue weighted by molar-refractivity contribution is -0.126. The largest absolute Gasteiger partial charge is 0.490 e. The van der Waals surface area contributed by atoms with Gasteiger partial charge in [0, 0.05) is 37.9 Å². The molecule has 3 aromatic rings. The van der Waals surface area contributed by atoms with Gasteiger partial charge in [-0.15, -0.1) is 0 Å². The summed E-state index contributed by atoms with van der Waals surface area (Å²) in [7, 11) is 0. The summed E-state index contributed by atoms with van der Waals surface area (Å²) in [5, 5.41) is 15.3. The molecule has 11 nitrogen and oxygen atoms in total. The number of rotatable bonds is 5. The SMILES string of the molecule is C=CC(=O)N1CCN(c2nc(=O)n3c4nc(c(F)cc24)-c2c(F)cccc2OCC(OCC)C(O)C2=C3C(C(C)C)NC=C2)[C@@H](C)C1. The molecule has 0 radical (unpaired) electrons. The van der Waals surface area contributed by atoms with Crippen LogP contribution in [0.3, 0.4) is 0 Å². The van der Waals surface area contributed by atoms with Crippen LogP contribution in [0.2, 0.25) is 0 Å². The van der Waals surface area contributed by atoms with E-state index < -0.39 is 35.6 Å². The molecule has 248 valence electrons. The lowest BCUT2D eigenvalue weighted by Gasteiger charge is -2.40. The fourth-order valence-electron chi connectivity index (χ4n) is 6.60. The molecule has 4 atom stereocenters. The van der Waals surface area contributed by atoms with Crippen LogP contribution in [0, 0.1) is 17.6 Å². The number of carbonyl (C=O) groups is 1. The maximum atomic E-state index is 16.3. The van der Waals surface area contributed by atoms with Crippen LogP contribution in [0.1, 0.15) is 27.7 Å². The van der Waals surface area contributed by atoms with Crippen LogP contribution in [0.4, 0.5) is 14.6 Å². The number of aliphatic hydroxyl groups excluding tert-OH is 1. The van der Waals surface area contributed by atoms with Crippen LogP contribution < -0.4 is 20.6 Å². The number of benzene rings is 1. The van der Waals surface area contributed by atoms with Crippen molar-refractivity contribution >= 4 is 28.5 Å². The number of aromatic nitrogens is 3. The van der Waals surface area contributed by atoms with E-state index >= 15 is 8.78 Å². The van der Waals surface area contributed by atoms with Crippen molar-refractivity contribution in [2.45, 2.75) is 52.0 Å². The molecule has 0 spiro atoms. The number of halogens is 2. The maximum absolute atomic E-state index is 16.3. The summed E-state index contributed by atoms with van der Waals surface area (Å²) in [6, 6.07) is 4.51. The number of amides is 1. The third-order valence-corrected chi connectivity index (χ3v) is 8.89. The number of hydrogen-bond donors (Lipinski definition) is 2. The predicted octanol–water partition coefficient (Wildman–Crippen LogP) is 3.47. The number of aliphatic hydroxyl groups is 1. The molecule has 2 N–H and O–H groups in total. The number of hydrogen-bond acceptors (Lipinski definition) is 9. The van der Waals surface area contributed by atoms with Crippen LogP contribution >= 0.6 is 0 Å². The lowest BCUT2D eigenvalue weighted by atomic mass is 9.90. The summed E-state index contributed by atoms with van der Waals surface area (Å²) in [6.45, 7) is 12.1. The number of nitrogens with one attached hydrogen (secondary N) is 1. The number of ether oxygens (including phenoxy) is 2. The van der Waals surface area contributed by atoms with Gasteiger partial charge in [-0.3, -0.25) is 4.79 Å². The first-order chi connectivity index (χ1) is 22.5. The van der Waals surface area contributed by atoms with E-state index in [1.165, 1.54) is 34.9 Å². The van der Waals surface area contributed by atoms with E-state index in [-0.39, 0.29) is 64.9 Å². The first kappa shape index (κ1) is 32.3. The highest BCUT2D eigenvalue weighted by atomic mass is 19.1. The Hall–Kier alpha value is -4.62. The minimum Gasteiger partial charge on any atom is -0.490 e. The normalized spacial score (nSPS) is 22.7. The number of dihydropyridines is 1. The second kappa shape index (κ2) is 12.9. The fourth-order valence-corrected chi connectivity index (χ4v) is 6.60. The van der Waals surface area contributed by atoms with Crippen molar-refractivity contribution in [2.24, 2.45) is 5.92 Å². The van der Waals surface area contributed by atoms with Gasteiger partial charge in [-0.25, -0.2) is 23.1 Å². The maximum Gasteiger partial charge on any atom is 0.355 e. The average Bonchev–Trinajstić information content (AvgIpc) is 3.05. The van der Waals surface area contributed by atoms with Gasteiger partial charge in [0.1, 0.15) is 41.9 Å². The molecule has 2 aromatic heterocycles. The molecule has 47 heavy (non-hydrogen) atoms. The van der Waals surface area contributed by atoms with Crippen LogP contribution in [0.15, 0.2) is 59.6 Å². The van der Waals surface area contributed by atoms with Gasteiger partial charge in [0.05, 0.1) is 22.7 Å². The minimum atomic E-state index is -1.28. The molecular weight excluding hydrogens is 610 g/mol. The number of pyridine rings is 1. The number of anilines is 1. The Morgan fingerprint density at radius 3 is 2.74 bits per heavy atom. The van der Waals surface area contributed by atoms with Crippen molar-refractivity contribution in [3.8, 4) is 17.0 Å². The van der Waals surface area contributed by atoms with Crippen LogP contribution in [-0.4, -0.2) is 87.6 Å². The first-order valence-corrected chi connectivity index (χ1v) is 15.7. The first-order valence-electron chi connectivity index (χ1n) is 15.7. The highest BCUT2D eigenvalue weighted by molar-refractivity contribution is 5.92. The van der Waals surface area contributed by atoms with Gasteiger partial charge in [-0.05, 0) is 56.3 Å². The van der Waals surface area contributed by atoms with Crippen molar-refractivity contribution in [2.75, 3.05) is 37.7 Å². The van der Waals surface area contributed by atoms with Gasteiger partial charge < -0.3 is 29.7 Å². The van der Waals surface area contributed by atoms with Gasteiger partial charge >= 0.3 is 5.69 Å². The second-order valence-corrected chi connectivity index (χ2v) is 12.2. The van der Waals surface area contributed by atoms with E-state index in [2.05, 4.69) is 21.9 Å². The molecule has 2 bridgehead atoms. The summed E-state index contributed by atoms with van der Waals surface area (Å²) < 4.78 is 45.1. The van der Waals surface area contributed by atoms with Crippen molar-refractivity contribution in [1.82, 2.24) is 24.8 Å². The molecule has 0 aliphatic carbocycles. The van der Waals surface area contributed by atoms with Crippen LogP contribution in [0.25, 0.3) is 28.0 Å². The van der Waals surface area contributed by atoms with Gasteiger partial charge in [-0.1, -0.05) is 26.5 Å². The van der Waals surface area contributed by atoms with Gasteiger partial charge in [0.15, 0.2) is 11.5 Å². The molecule has 1 aromatic carbocycles. The van der Waals surface area contributed by atoms with Crippen LogP contribution in [-0.2, 0) is 9.53 Å². The van der Waals surface area contributed by atoms with Gasteiger partial charge in [0.25, 0.3) is 0 Å². The zero-order valence-electron chi connectivity index (χ0n) is 26.7. The molecule has 0 saturated carbocycles. The quantitative estimate of drug-likeness (QED) is 0.401. The molecule has 6 rings (SSSR count). The Morgan fingerprint density at radius 2 is 2.04 bits per heavy atom. The summed E-state index contributed by atoms with van der Waals surface area (Å²) in [5.41, 5.74) is -0.523. The molecule has 3 unspecified atom stereocenters. The minimum absolute atomic E-state index is 0.00291. The van der Waals surface area contributed by atoms with Gasteiger partial charge in [0.2, 0.25) is 5.91 Å². The number of carbonyl (C=O) groups excluding carboxylic acids is 1. The van der Waals surface area contributed by atoms with Gasteiger partial charge in [-0.2, -0.15) is 4.98 Å². The van der Waals surface area contributed by atoms with E-state index in [1.807, 2.05) is 25.7 Å². The lowest BCUT2D eigenvalue weighted by Crippen LogP contribution is -2.54. The molecular formula is C34H38F2N6O5. The van der Waals surface area contributed by atoms with E-state index in [1.54, 1.807) is 24.1 Å². The second-order valence-electron chi connectivity index (χ2n) is 12.2. The number of fused-ring (bicyclic) bond motifs is 4. The highest BCUT2D eigenvalue weighted by Gasteiger charge is 2.36. The molecule has 1 amide bonds. The van der Waals surface area contributed by atoms with E-state index in [4.69, 9.17) is 9.47 Å².